The second-order valence-electron chi connectivity index (χ2n) is 3.36. The fraction of sp³-hybridized carbons (Fsp3) is 0.667. The van der Waals surface area contributed by atoms with E-state index in [2.05, 4.69) is 0 Å². The topological polar surface area (TPSA) is 90.4 Å². The van der Waals surface area contributed by atoms with Crippen LogP contribution in [0.2, 0.25) is 0 Å². The monoisotopic (exact) mass is 223 g/mol. The molecule has 2 atom stereocenters. The van der Waals surface area contributed by atoms with Crippen LogP contribution in [0.4, 0.5) is 0 Å². The normalized spacial score (nSPS) is 27.7. The van der Waals surface area contributed by atoms with Gasteiger partial charge in [0, 0.05) is 6.20 Å². The van der Waals surface area contributed by atoms with E-state index in [9.17, 15) is 9.32 Å². The van der Waals surface area contributed by atoms with Crippen LogP contribution in [0.1, 0.15) is 13.8 Å². The van der Waals surface area contributed by atoms with E-state index in [1.807, 2.05) is 0 Å². The average molecular weight is 223 g/mol. The van der Waals surface area contributed by atoms with Crippen LogP contribution in [0.25, 0.3) is 0 Å². The Bertz CT molecular complexity index is 317. The summed E-state index contributed by atoms with van der Waals surface area (Å²) in [6.07, 6.45) is 1.47. The van der Waals surface area contributed by atoms with Gasteiger partial charge in [-0.05, 0) is 19.3 Å². The Labute approximate surface area is 82.2 Å². The van der Waals surface area contributed by atoms with Crippen molar-refractivity contribution in [1.29, 1.82) is 4.78 Å². The third kappa shape index (κ3) is 2.37. The van der Waals surface area contributed by atoms with E-state index in [0.717, 1.165) is 0 Å². The summed E-state index contributed by atoms with van der Waals surface area (Å²) in [7, 11) is -3.27. The minimum atomic E-state index is -3.27. The number of hydrogen-bond acceptors (Lipinski definition) is 4. The molecule has 1 heterocycles. The first-order valence-electron chi connectivity index (χ1n) is 3.62. The van der Waals surface area contributed by atoms with Crippen LogP contribution in [-0.4, -0.2) is 24.6 Å². The van der Waals surface area contributed by atoms with Gasteiger partial charge in [0.1, 0.15) is 5.37 Å². The van der Waals surface area contributed by atoms with Gasteiger partial charge < -0.3 is 5.11 Å². The van der Waals surface area contributed by atoms with Crippen molar-refractivity contribution >= 4 is 21.9 Å². The van der Waals surface area contributed by atoms with Gasteiger partial charge in [-0.3, -0.25) is 4.31 Å². The Morgan fingerprint density at radius 1 is 1.77 bits per heavy atom. The first-order chi connectivity index (χ1) is 5.73. The molecule has 0 saturated heterocycles. The quantitative estimate of drug-likeness (QED) is 0.634. The van der Waals surface area contributed by atoms with Crippen molar-refractivity contribution in [2.75, 3.05) is 0 Å². The van der Waals surface area contributed by atoms with Gasteiger partial charge >= 0.3 is 0 Å². The fourth-order valence-corrected chi connectivity index (χ4v) is 3.29. The molecule has 1 aliphatic rings. The van der Waals surface area contributed by atoms with Crippen molar-refractivity contribution in [2.24, 2.45) is 5.14 Å². The molecule has 0 aromatic rings. The van der Waals surface area contributed by atoms with E-state index in [-0.39, 0.29) is 0 Å². The highest BCUT2D eigenvalue weighted by atomic mass is 32.2. The second-order valence-corrected chi connectivity index (χ2v) is 5.91. The molecule has 1 aliphatic heterocycles. The molecule has 0 saturated carbocycles. The van der Waals surface area contributed by atoms with Crippen LogP contribution < -0.4 is 5.14 Å². The highest BCUT2D eigenvalue weighted by Gasteiger charge is 2.37. The third-order valence-corrected chi connectivity index (χ3v) is 4.00. The minimum absolute atomic E-state index is 0.456. The Hall–Kier alpha value is -0.240. The van der Waals surface area contributed by atoms with Crippen LogP contribution in [-0.2, 0) is 10.1 Å². The van der Waals surface area contributed by atoms with Crippen molar-refractivity contribution in [3.8, 4) is 0 Å². The maximum Gasteiger partial charge on any atom is 0.192 e. The number of thioether (sulfide) groups is 1. The molecule has 0 amide bonds. The molecule has 7 heteroatoms. The second kappa shape index (κ2) is 3.16. The SMILES string of the molecule is CC(C)(O)C1SC=CN1S(=N)(N)=O. The van der Waals surface area contributed by atoms with Crippen molar-refractivity contribution in [3.05, 3.63) is 11.6 Å². The molecule has 13 heavy (non-hydrogen) atoms. The van der Waals surface area contributed by atoms with Gasteiger partial charge in [-0.1, -0.05) is 0 Å². The van der Waals surface area contributed by atoms with Gasteiger partial charge in [-0.2, -0.15) is 0 Å². The van der Waals surface area contributed by atoms with E-state index >= 15 is 0 Å². The molecule has 0 radical (unpaired) electrons. The predicted molar refractivity (Wildman–Crippen MR) is 53.7 cm³/mol. The summed E-state index contributed by atoms with van der Waals surface area (Å²) in [6, 6.07) is 0. The zero-order valence-corrected chi connectivity index (χ0v) is 9.06. The lowest BCUT2D eigenvalue weighted by Crippen LogP contribution is -2.47. The summed E-state index contributed by atoms with van der Waals surface area (Å²) in [5.74, 6) is 0. The molecule has 76 valence electrons. The Morgan fingerprint density at radius 3 is 2.62 bits per heavy atom. The highest BCUT2D eigenvalue weighted by Crippen LogP contribution is 2.34. The maximum atomic E-state index is 11.2. The molecule has 0 bridgehead atoms. The molecule has 0 aromatic carbocycles. The van der Waals surface area contributed by atoms with Gasteiger partial charge in [-0.25, -0.2) is 14.1 Å². The van der Waals surface area contributed by atoms with Gasteiger partial charge in [0.15, 0.2) is 10.1 Å². The maximum absolute atomic E-state index is 11.2. The fourth-order valence-electron chi connectivity index (χ4n) is 1.02. The standard InChI is InChI=1S/C6H13N3O2S2/c1-6(2,10)5-9(3-4-12-5)13(7,8)11/h3-5,10H,1-2H3,(H3,7,8,11). The molecular weight excluding hydrogens is 210 g/mol. The summed E-state index contributed by atoms with van der Waals surface area (Å²) in [6.45, 7) is 3.19. The number of aliphatic hydroxyl groups is 1. The molecule has 0 aliphatic carbocycles. The molecule has 0 aromatic heterocycles. The lowest BCUT2D eigenvalue weighted by atomic mass is 10.1. The van der Waals surface area contributed by atoms with E-state index in [0.29, 0.717) is 0 Å². The number of hydrogen-bond donors (Lipinski definition) is 3. The average Bonchev–Trinajstić information content (AvgIpc) is 2.27. The molecule has 1 rings (SSSR count). The Morgan fingerprint density at radius 2 is 2.31 bits per heavy atom. The van der Waals surface area contributed by atoms with E-state index in [1.54, 1.807) is 19.3 Å². The number of rotatable bonds is 2. The van der Waals surface area contributed by atoms with Crippen molar-refractivity contribution < 1.29 is 9.32 Å². The zero-order valence-electron chi connectivity index (χ0n) is 7.43. The van der Waals surface area contributed by atoms with Gasteiger partial charge in [0.05, 0.1) is 5.60 Å². The van der Waals surface area contributed by atoms with Crippen molar-refractivity contribution in [3.63, 3.8) is 0 Å². The smallest absolute Gasteiger partial charge is 0.192 e. The van der Waals surface area contributed by atoms with Gasteiger partial charge in [-0.15, -0.1) is 11.8 Å². The van der Waals surface area contributed by atoms with Gasteiger partial charge in [0.2, 0.25) is 0 Å². The summed E-state index contributed by atoms with van der Waals surface area (Å²) < 4.78 is 19.6. The molecule has 2 unspecified atom stereocenters. The summed E-state index contributed by atoms with van der Waals surface area (Å²) >= 11 is 1.30. The van der Waals surface area contributed by atoms with Gasteiger partial charge in [0.25, 0.3) is 0 Å². The van der Waals surface area contributed by atoms with Crippen LogP contribution in [0.5, 0.6) is 0 Å². The lowest BCUT2D eigenvalue weighted by Gasteiger charge is -2.32. The predicted octanol–water partition coefficient (Wildman–Crippen LogP) is 0.439. The zero-order chi connectivity index (χ0) is 10.3. The highest BCUT2D eigenvalue weighted by molar-refractivity contribution is 8.03. The summed E-state index contributed by atoms with van der Waals surface area (Å²) in [4.78, 5) is 0. The van der Waals surface area contributed by atoms with E-state index in [1.165, 1.54) is 22.3 Å². The van der Waals surface area contributed by atoms with Crippen LogP contribution >= 0.6 is 11.8 Å². The number of nitrogens with zero attached hydrogens (tertiary/aromatic N) is 1. The van der Waals surface area contributed by atoms with E-state index in [4.69, 9.17) is 9.92 Å². The van der Waals surface area contributed by atoms with E-state index < -0.39 is 21.1 Å². The first-order valence-corrected chi connectivity index (χ1v) is 6.14. The molecule has 0 spiro atoms. The Kier molecular flexibility index (Phi) is 2.63. The number of nitrogens with one attached hydrogen (secondary N) is 1. The Balaban J connectivity index is 2.94. The third-order valence-electron chi connectivity index (χ3n) is 1.56. The van der Waals surface area contributed by atoms with Crippen LogP contribution in [0.15, 0.2) is 11.6 Å². The summed E-state index contributed by atoms with van der Waals surface area (Å²) in [5.41, 5.74) is -1.04. The van der Waals surface area contributed by atoms with Crippen molar-refractivity contribution in [1.82, 2.24) is 4.31 Å². The molecule has 5 nitrogen and oxygen atoms in total. The molecule has 0 fully saturated rings. The molecule has 4 N–H and O–H groups in total. The summed E-state index contributed by atoms with van der Waals surface area (Å²) in [5, 5.41) is 16.1. The minimum Gasteiger partial charge on any atom is -0.387 e. The number of nitrogens with two attached hydrogens (primary N) is 1. The lowest BCUT2D eigenvalue weighted by molar-refractivity contribution is 0.0559. The molecular formula is C6H13N3O2S2. The van der Waals surface area contributed by atoms with Crippen molar-refractivity contribution in [2.45, 2.75) is 24.8 Å². The largest absolute Gasteiger partial charge is 0.387 e. The van der Waals surface area contributed by atoms with Crippen LogP contribution in [0.3, 0.4) is 0 Å². The van der Waals surface area contributed by atoms with Crippen LogP contribution in [0, 0.1) is 4.78 Å². The first kappa shape index (κ1) is 10.8.